The van der Waals surface area contributed by atoms with Crippen LogP contribution in [0.4, 0.5) is 5.69 Å². The molecule has 0 spiro atoms. The highest BCUT2D eigenvalue weighted by Crippen LogP contribution is 2.25. The van der Waals surface area contributed by atoms with E-state index in [1.165, 1.54) is 6.07 Å². The molecule has 1 unspecified atom stereocenters. The van der Waals surface area contributed by atoms with Crippen molar-refractivity contribution in [1.29, 1.82) is 0 Å². The molecule has 0 saturated carbocycles. The number of aromatic amines is 1. The fourth-order valence-electron chi connectivity index (χ4n) is 3.05. The number of hydrogen-bond donors (Lipinski definition) is 2. The zero-order chi connectivity index (χ0) is 21.5. The SMILES string of the molecule is COCC(CSCc1ccc(OC)cc1)NC(=O)c1cc2cccc([N+](=O)[O-])c2[nH]1. The number of hydrogen-bond acceptors (Lipinski definition) is 6. The van der Waals surface area contributed by atoms with Gasteiger partial charge in [0.05, 0.1) is 24.7 Å². The first-order valence-corrected chi connectivity index (χ1v) is 10.4. The van der Waals surface area contributed by atoms with Crippen molar-refractivity contribution in [2.45, 2.75) is 11.8 Å². The number of rotatable bonds is 10. The van der Waals surface area contributed by atoms with Crippen molar-refractivity contribution in [1.82, 2.24) is 10.3 Å². The molecule has 30 heavy (non-hydrogen) atoms. The lowest BCUT2D eigenvalue weighted by molar-refractivity contribution is -0.383. The van der Waals surface area contributed by atoms with Gasteiger partial charge in [-0.05, 0) is 23.8 Å². The minimum Gasteiger partial charge on any atom is -0.497 e. The van der Waals surface area contributed by atoms with Crippen LogP contribution in [0, 0.1) is 10.1 Å². The zero-order valence-corrected chi connectivity index (χ0v) is 17.5. The second kappa shape index (κ2) is 10.1. The van der Waals surface area contributed by atoms with Crippen molar-refractivity contribution in [3.8, 4) is 5.75 Å². The molecular formula is C21H23N3O5S. The van der Waals surface area contributed by atoms with Crippen LogP contribution >= 0.6 is 11.8 Å². The molecule has 1 amide bonds. The molecule has 0 aliphatic heterocycles. The standard InChI is InChI=1S/C21H23N3O5S/c1-28-11-16(13-30-12-14-6-8-17(29-2)9-7-14)22-21(25)18-10-15-4-3-5-19(24(26)27)20(15)23-18/h3-10,16,23H,11-13H2,1-2H3,(H,22,25). The summed E-state index contributed by atoms with van der Waals surface area (Å²) in [7, 11) is 3.22. The molecule has 0 radical (unpaired) electrons. The van der Waals surface area contributed by atoms with E-state index in [0.717, 1.165) is 17.1 Å². The number of nitrogens with one attached hydrogen (secondary N) is 2. The molecule has 1 atom stereocenters. The highest BCUT2D eigenvalue weighted by molar-refractivity contribution is 7.98. The van der Waals surface area contributed by atoms with Crippen molar-refractivity contribution in [2.24, 2.45) is 0 Å². The highest BCUT2D eigenvalue weighted by Gasteiger charge is 2.19. The number of thioether (sulfide) groups is 1. The number of nitro groups is 1. The van der Waals surface area contributed by atoms with Gasteiger partial charge < -0.3 is 19.8 Å². The first kappa shape index (κ1) is 21.7. The lowest BCUT2D eigenvalue weighted by Crippen LogP contribution is -2.40. The molecule has 1 heterocycles. The molecule has 3 aromatic rings. The number of non-ortho nitro benzene ring substituents is 1. The van der Waals surface area contributed by atoms with Gasteiger partial charge in [0.15, 0.2) is 0 Å². The summed E-state index contributed by atoms with van der Waals surface area (Å²) in [5.41, 5.74) is 1.71. The molecule has 0 aliphatic rings. The average molecular weight is 429 g/mol. The number of ether oxygens (including phenoxy) is 2. The third-order valence-corrected chi connectivity index (χ3v) is 5.70. The fraction of sp³-hybridized carbons (Fsp3) is 0.286. The van der Waals surface area contributed by atoms with E-state index >= 15 is 0 Å². The summed E-state index contributed by atoms with van der Waals surface area (Å²) in [4.78, 5) is 26.3. The number of benzene rings is 2. The van der Waals surface area contributed by atoms with E-state index < -0.39 is 4.92 Å². The quantitative estimate of drug-likeness (QED) is 0.375. The number of amides is 1. The van der Waals surface area contributed by atoms with Crippen LogP contribution in [-0.2, 0) is 10.5 Å². The van der Waals surface area contributed by atoms with Gasteiger partial charge in [-0.25, -0.2) is 0 Å². The maximum atomic E-state index is 12.7. The van der Waals surface area contributed by atoms with Gasteiger partial charge in [-0.2, -0.15) is 11.8 Å². The van der Waals surface area contributed by atoms with Crippen LogP contribution in [0.15, 0.2) is 48.5 Å². The molecule has 0 fully saturated rings. The number of aromatic nitrogens is 1. The Bertz CT molecular complexity index is 1020. The Labute approximate surface area is 178 Å². The van der Waals surface area contributed by atoms with Crippen molar-refractivity contribution in [3.63, 3.8) is 0 Å². The molecule has 1 aromatic heterocycles. The monoisotopic (exact) mass is 429 g/mol. The molecule has 2 N–H and O–H groups in total. The Morgan fingerprint density at radius 2 is 2.00 bits per heavy atom. The van der Waals surface area contributed by atoms with Crippen LogP contribution in [0.5, 0.6) is 5.75 Å². The van der Waals surface area contributed by atoms with Gasteiger partial charge in [-0.15, -0.1) is 0 Å². The van der Waals surface area contributed by atoms with E-state index in [-0.39, 0.29) is 23.3 Å². The smallest absolute Gasteiger partial charge is 0.293 e. The average Bonchev–Trinajstić information content (AvgIpc) is 3.18. The van der Waals surface area contributed by atoms with Crippen LogP contribution in [-0.4, -0.2) is 48.4 Å². The second-order valence-corrected chi connectivity index (χ2v) is 7.70. The molecule has 0 bridgehead atoms. The Morgan fingerprint density at radius 1 is 1.23 bits per heavy atom. The summed E-state index contributed by atoms with van der Waals surface area (Å²) in [6.07, 6.45) is 0. The van der Waals surface area contributed by atoms with Crippen molar-refractivity contribution in [3.05, 3.63) is 69.9 Å². The summed E-state index contributed by atoms with van der Waals surface area (Å²) in [5, 5.41) is 14.7. The largest absolute Gasteiger partial charge is 0.497 e. The summed E-state index contributed by atoms with van der Waals surface area (Å²) in [6.45, 7) is 0.363. The van der Waals surface area contributed by atoms with Crippen LogP contribution in [0.1, 0.15) is 16.1 Å². The van der Waals surface area contributed by atoms with Crippen molar-refractivity contribution >= 4 is 34.3 Å². The first-order valence-electron chi connectivity index (χ1n) is 9.28. The number of fused-ring (bicyclic) bond motifs is 1. The van der Waals surface area contributed by atoms with Crippen molar-refractivity contribution < 1.29 is 19.2 Å². The van der Waals surface area contributed by atoms with Gasteiger partial charge in [0, 0.05) is 30.1 Å². The molecule has 158 valence electrons. The normalized spacial score (nSPS) is 11.9. The third-order valence-electron chi connectivity index (χ3n) is 4.53. The third kappa shape index (κ3) is 5.31. The van der Waals surface area contributed by atoms with Gasteiger partial charge in [-0.3, -0.25) is 14.9 Å². The maximum Gasteiger partial charge on any atom is 0.293 e. The Kier molecular flexibility index (Phi) is 7.31. The number of nitro benzene ring substituents is 1. The predicted molar refractivity (Wildman–Crippen MR) is 117 cm³/mol. The number of methoxy groups -OCH3 is 2. The van der Waals surface area contributed by atoms with Gasteiger partial charge >= 0.3 is 0 Å². The number of carbonyl (C=O) groups excluding carboxylic acids is 1. The summed E-state index contributed by atoms with van der Waals surface area (Å²) in [5.74, 6) is 1.93. The van der Waals surface area contributed by atoms with Gasteiger partial charge in [0.2, 0.25) is 0 Å². The summed E-state index contributed by atoms with van der Waals surface area (Å²) in [6, 6.07) is 14.0. The lowest BCUT2D eigenvalue weighted by atomic mass is 10.2. The molecule has 2 aromatic carbocycles. The van der Waals surface area contributed by atoms with E-state index in [0.29, 0.717) is 23.3 Å². The van der Waals surface area contributed by atoms with Gasteiger partial charge in [-0.1, -0.05) is 24.3 Å². The van der Waals surface area contributed by atoms with Crippen LogP contribution in [0.25, 0.3) is 10.9 Å². The predicted octanol–water partition coefficient (Wildman–Crippen LogP) is 3.76. The van der Waals surface area contributed by atoms with Crippen LogP contribution < -0.4 is 10.1 Å². The Balaban J connectivity index is 1.62. The zero-order valence-electron chi connectivity index (χ0n) is 16.7. The highest BCUT2D eigenvalue weighted by atomic mass is 32.2. The molecule has 0 aliphatic carbocycles. The molecule has 0 saturated heterocycles. The van der Waals surface area contributed by atoms with Gasteiger partial charge in [0.25, 0.3) is 11.6 Å². The summed E-state index contributed by atoms with van der Waals surface area (Å²) >= 11 is 1.68. The molecular weight excluding hydrogens is 406 g/mol. The van der Waals surface area contributed by atoms with E-state index in [9.17, 15) is 14.9 Å². The van der Waals surface area contributed by atoms with E-state index in [4.69, 9.17) is 9.47 Å². The minimum atomic E-state index is -0.468. The first-order chi connectivity index (χ1) is 14.5. The lowest BCUT2D eigenvalue weighted by Gasteiger charge is -2.17. The summed E-state index contributed by atoms with van der Waals surface area (Å²) < 4.78 is 10.4. The number of H-pyrrole nitrogens is 1. The topological polar surface area (TPSA) is 106 Å². The number of nitrogens with zero attached hydrogens (tertiary/aromatic N) is 1. The minimum absolute atomic E-state index is 0.0601. The molecule has 8 nitrogen and oxygen atoms in total. The van der Waals surface area contributed by atoms with Crippen LogP contribution in [0.2, 0.25) is 0 Å². The number of carbonyl (C=O) groups is 1. The van der Waals surface area contributed by atoms with E-state index in [2.05, 4.69) is 10.3 Å². The Morgan fingerprint density at radius 3 is 2.67 bits per heavy atom. The molecule has 3 rings (SSSR count). The van der Waals surface area contributed by atoms with E-state index in [1.807, 2.05) is 24.3 Å². The maximum absolute atomic E-state index is 12.7. The van der Waals surface area contributed by atoms with E-state index in [1.54, 1.807) is 44.2 Å². The number of para-hydroxylation sites is 1. The van der Waals surface area contributed by atoms with Crippen LogP contribution in [0.3, 0.4) is 0 Å². The fourth-order valence-corrected chi connectivity index (χ4v) is 4.06. The second-order valence-electron chi connectivity index (χ2n) is 6.67. The Hall–Kier alpha value is -3.04. The van der Waals surface area contributed by atoms with Crippen molar-refractivity contribution in [2.75, 3.05) is 26.6 Å². The van der Waals surface area contributed by atoms with Gasteiger partial charge in [0.1, 0.15) is 17.0 Å². The molecule has 9 heteroatoms.